The van der Waals surface area contributed by atoms with Gasteiger partial charge in [0.15, 0.2) is 0 Å². The SMILES string of the molecule is CC(C)CNCc1cn(Cc2ncccn2)cn1. The molecule has 5 nitrogen and oxygen atoms in total. The van der Waals surface area contributed by atoms with Crippen LogP contribution in [0.15, 0.2) is 31.0 Å². The Bertz CT molecular complexity index is 463. The highest BCUT2D eigenvalue weighted by molar-refractivity contribution is 4.99. The van der Waals surface area contributed by atoms with Gasteiger partial charge in [0.2, 0.25) is 0 Å². The number of nitrogens with zero attached hydrogens (tertiary/aromatic N) is 4. The fraction of sp³-hybridized carbons (Fsp3) is 0.462. The van der Waals surface area contributed by atoms with E-state index in [1.165, 1.54) is 0 Å². The molecule has 2 rings (SSSR count). The van der Waals surface area contributed by atoms with Crippen LogP contribution in [0, 0.1) is 5.92 Å². The topological polar surface area (TPSA) is 55.6 Å². The van der Waals surface area contributed by atoms with Crippen LogP contribution in [-0.2, 0) is 13.1 Å². The monoisotopic (exact) mass is 245 g/mol. The van der Waals surface area contributed by atoms with Crippen LogP contribution in [0.1, 0.15) is 25.4 Å². The molecular formula is C13H19N5. The van der Waals surface area contributed by atoms with Crippen molar-refractivity contribution < 1.29 is 0 Å². The number of nitrogens with one attached hydrogen (secondary N) is 1. The van der Waals surface area contributed by atoms with E-state index in [4.69, 9.17) is 0 Å². The number of imidazole rings is 1. The number of rotatable bonds is 6. The molecule has 0 radical (unpaired) electrons. The lowest BCUT2D eigenvalue weighted by atomic mass is 10.2. The van der Waals surface area contributed by atoms with E-state index in [1.54, 1.807) is 12.4 Å². The third kappa shape index (κ3) is 3.92. The zero-order chi connectivity index (χ0) is 12.8. The number of hydrogen-bond donors (Lipinski definition) is 1. The van der Waals surface area contributed by atoms with E-state index < -0.39 is 0 Å². The molecule has 1 N–H and O–H groups in total. The van der Waals surface area contributed by atoms with Gasteiger partial charge in [-0.25, -0.2) is 15.0 Å². The molecule has 2 aromatic heterocycles. The van der Waals surface area contributed by atoms with Gasteiger partial charge in [-0.1, -0.05) is 13.8 Å². The van der Waals surface area contributed by atoms with Crippen molar-refractivity contribution in [3.05, 3.63) is 42.5 Å². The molecule has 0 aliphatic rings. The molecule has 0 aliphatic carbocycles. The maximum atomic E-state index is 4.35. The van der Waals surface area contributed by atoms with Gasteiger partial charge in [-0.3, -0.25) is 0 Å². The van der Waals surface area contributed by atoms with Crippen molar-refractivity contribution >= 4 is 0 Å². The molecule has 0 aliphatic heterocycles. The minimum Gasteiger partial charge on any atom is -0.329 e. The van der Waals surface area contributed by atoms with Gasteiger partial charge < -0.3 is 9.88 Å². The van der Waals surface area contributed by atoms with Crippen molar-refractivity contribution in [2.45, 2.75) is 26.9 Å². The van der Waals surface area contributed by atoms with E-state index in [9.17, 15) is 0 Å². The van der Waals surface area contributed by atoms with Gasteiger partial charge in [0, 0.05) is 25.1 Å². The summed E-state index contributed by atoms with van der Waals surface area (Å²) in [6.07, 6.45) is 7.36. The van der Waals surface area contributed by atoms with Crippen molar-refractivity contribution in [3.8, 4) is 0 Å². The van der Waals surface area contributed by atoms with E-state index in [0.717, 1.165) is 24.6 Å². The van der Waals surface area contributed by atoms with Crippen LogP contribution in [0.2, 0.25) is 0 Å². The van der Waals surface area contributed by atoms with Crippen molar-refractivity contribution in [3.63, 3.8) is 0 Å². The van der Waals surface area contributed by atoms with Crippen LogP contribution >= 0.6 is 0 Å². The maximum absolute atomic E-state index is 4.35. The average Bonchev–Trinajstić information content (AvgIpc) is 2.78. The van der Waals surface area contributed by atoms with Gasteiger partial charge in [-0.2, -0.15) is 0 Å². The second-order valence-corrected chi connectivity index (χ2v) is 4.73. The predicted octanol–water partition coefficient (Wildman–Crippen LogP) is 1.47. The van der Waals surface area contributed by atoms with Gasteiger partial charge in [-0.05, 0) is 18.5 Å². The Morgan fingerprint density at radius 2 is 2.00 bits per heavy atom. The lowest BCUT2D eigenvalue weighted by Gasteiger charge is -2.04. The molecule has 0 aromatic carbocycles. The Morgan fingerprint density at radius 1 is 1.22 bits per heavy atom. The third-order valence-corrected chi connectivity index (χ3v) is 2.49. The van der Waals surface area contributed by atoms with Crippen LogP contribution in [0.3, 0.4) is 0 Å². The first-order valence-electron chi connectivity index (χ1n) is 6.21. The molecule has 96 valence electrons. The Hall–Kier alpha value is -1.75. The van der Waals surface area contributed by atoms with E-state index >= 15 is 0 Å². The smallest absolute Gasteiger partial charge is 0.147 e. The Morgan fingerprint density at radius 3 is 2.72 bits per heavy atom. The van der Waals surface area contributed by atoms with Gasteiger partial charge in [-0.15, -0.1) is 0 Å². The van der Waals surface area contributed by atoms with Crippen LogP contribution in [0.5, 0.6) is 0 Å². The molecule has 2 heterocycles. The summed E-state index contributed by atoms with van der Waals surface area (Å²) < 4.78 is 2.00. The van der Waals surface area contributed by atoms with Crippen LogP contribution in [-0.4, -0.2) is 26.1 Å². The largest absolute Gasteiger partial charge is 0.329 e. The summed E-state index contributed by atoms with van der Waals surface area (Å²) in [6.45, 7) is 6.87. The predicted molar refractivity (Wildman–Crippen MR) is 69.9 cm³/mol. The van der Waals surface area contributed by atoms with E-state index in [0.29, 0.717) is 12.5 Å². The Kier molecular flexibility index (Phi) is 4.41. The summed E-state index contributed by atoms with van der Waals surface area (Å²) in [5, 5.41) is 3.37. The lowest BCUT2D eigenvalue weighted by molar-refractivity contribution is 0.548. The summed E-state index contributed by atoms with van der Waals surface area (Å²) in [5.74, 6) is 1.46. The van der Waals surface area contributed by atoms with Crippen molar-refractivity contribution in [1.29, 1.82) is 0 Å². The highest BCUT2D eigenvalue weighted by atomic mass is 15.1. The fourth-order valence-electron chi connectivity index (χ4n) is 1.65. The Balaban J connectivity index is 1.86. The van der Waals surface area contributed by atoms with Crippen LogP contribution < -0.4 is 5.32 Å². The molecule has 0 bridgehead atoms. The standard InChI is InChI=1S/C13H19N5/c1-11(2)6-14-7-12-8-18(10-17-12)9-13-15-4-3-5-16-13/h3-5,8,10-11,14H,6-7,9H2,1-2H3. The van der Waals surface area contributed by atoms with E-state index in [2.05, 4.69) is 34.1 Å². The molecule has 0 unspecified atom stereocenters. The minimum absolute atomic E-state index is 0.657. The van der Waals surface area contributed by atoms with Gasteiger partial charge in [0.25, 0.3) is 0 Å². The normalized spacial score (nSPS) is 11.1. The van der Waals surface area contributed by atoms with Gasteiger partial charge in [0.05, 0.1) is 18.6 Å². The third-order valence-electron chi connectivity index (χ3n) is 2.49. The molecule has 0 atom stereocenters. The van der Waals surface area contributed by atoms with E-state index in [-0.39, 0.29) is 0 Å². The highest BCUT2D eigenvalue weighted by Crippen LogP contribution is 1.99. The zero-order valence-corrected chi connectivity index (χ0v) is 10.9. The molecule has 0 saturated heterocycles. The first kappa shape index (κ1) is 12.7. The summed E-state index contributed by atoms with van der Waals surface area (Å²) >= 11 is 0. The summed E-state index contributed by atoms with van der Waals surface area (Å²) in [4.78, 5) is 12.7. The average molecular weight is 245 g/mol. The molecule has 0 amide bonds. The molecule has 0 saturated carbocycles. The maximum Gasteiger partial charge on any atom is 0.147 e. The first-order valence-corrected chi connectivity index (χ1v) is 6.21. The van der Waals surface area contributed by atoms with E-state index in [1.807, 2.05) is 23.2 Å². The minimum atomic E-state index is 0.657. The Labute approximate surface area is 107 Å². The van der Waals surface area contributed by atoms with Crippen molar-refractivity contribution in [2.24, 2.45) is 5.92 Å². The van der Waals surface area contributed by atoms with Crippen LogP contribution in [0.25, 0.3) is 0 Å². The van der Waals surface area contributed by atoms with Gasteiger partial charge >= 0.3 is 0 Å². The van der Waals surface area contributed by atoms with Crippen LogP contribution in [0.4, 0.5) is 0 Å². The zero-order valence-electron chi connectivity index (χ0n) is 10.9. The molecular weight excluding hydrogens is 226 g/mol. The quantitative estimate of drug-likeness (QED) is 0.837. The van der Waals surface area contributed by atoms with Gasteiger partial charge in [0.1, 0.15) is 5.82 Å². The molecule has 0 fully saturated rings. The second-order valence-electron chi connectivity index (χ2n) is 4.73. The fourth-order valence-corrected chi connectivity index (χ4v) is 1.65. The molecule has 2 aromatic rings. The first-order chi connectivity index (χ1) is 8.74. The molecule has 18 heavy (non-hydrogen) atoms. The lowest BCUT2D eigenvalue weighted by Crippen LogP contribution is -2.19. The van der Waals surface area contributed by atoms with Crippen molar-refractivity contribution in [1.82, 2.24) is 24.8 Å². The summed E-state index contributed by atoms with van der Waals surface area (Å²) in [6, 6.07) is 1.82. The molecule has 0 spiro atoms. The summed E-state index contributed by atoms with van der Waals surface area (Å²) in [7, 11) is 0. The van der Waals surface area contributed by atoms with Crippen molar-refractivity contribution in [2.75, 3.05) is 6.54 Å². The molecule has 5 heteroatoms. The summed E-state index contributed by atoms with van der Waals surface area (Å²) in [5.41, 5.74) is 1.05. The number of hydrogen-bond acceptors (Lipinski definition) is 4. The number of aromatic nitrogens is 4. The highest BCUT2D eigenvalue weighted by Gasteiger charge is 2.01. The second kappa shape index (κ2) is 6.26.